The minimum absolute atomic E-state index is 0.104. The average Bonchev–Trinajstić information content (AvgIpc) is 2.65. The van der Waals surface area contributed by atoms with Gasteiger partial charge in [0.2, 0.25) is 0 Å². The number of nitrogens with zero attached hydrogens (tertiary/aromatic N) is 2. The number of aryl methyl sites for hydroxylation is 3. The van der Waals surface area contributed by atoms with Crippen molar-refractivity contribution in [1.82, 2.24) is 9.78 Å². The van der Waals surface area contributed by atoms with E-state index in [1.54, 1.807) is 13.8 Å². The third-order valence-corrected chi connectivity index (χ3v) is 3.83. The fourth-order valence-electron chi connectivity index (χ4n) is 2.43. The van der Waals surface area contributed by atoms with E-state index in [1.165, 1.54) is 0 Å². The molecule has 1 aromatic carbocycles. The quantitative estimate of drug-likeness (QED) is 0.688. The van der Waals surface area contributed by atoms with Crippen LogP contribution in [-0.4, -0.2) is 9.78 Å². The second-order valence-corrected chi connectivity index (χ2v) is 5.53. The maximum absolute atomic E-state index is 13.0. The van der Waals surface area contributed by atoms with Gasteiger partial charge in [0.05, 0.1) is 11.6 Å². The van der Waals surface area contributed by atoms with Crippen LogP contribution >= 0.6 is 23.2 Å². The van der Waals surface area contributed by atoms with Gasteiger partial charge < -0.3 is 0 Å². The Hall–Kier alpha value is -1.20. The van der Waals surface area contributed by atoms with Crippen LogP contribution in [0.4, 0.5) is 13.2 Å². The van der Waals surface area contributed by atoms with Gasteiger partial charge in [-0.25, -0.2) is 4.68 Å². The molecule has 0 saturated carbocycles. The predicted molar refractivity (Wildman–Crippen MR) is 77.3 cm³/mol. The standard InChI is InChI=1S/C14H13Cl2F3N2/c1-7-4-8(2)11(9(3)5-7)21-13(16)10(6-15)12(20-21)14(17,18)19/h4-5H,6H2,1-3H3. The number of hydrogen-bond donors (Lipinski definition) is 0. The first-order valence-corrected chi connectivity index (χ1v) is 7.06. The highest BCUT2D eigenvalue weighted by Gasteiger charge is 2.39. The van der Waals surface area contributed by atoms with Crippen molar-refractivity contribution in [3.05, 3.63) is 45.2 Å². The first-order chi connectivity index (χ1) is 9.66. The van der Waals surface area contributed by atoms with E-state index in [2.05, 4.69) is 5.10 Å². The molecule has 21 heavy (non-hydrogen) atoms. The molecule has 2 aromatic rings. The molecule has 0 atom stereocenters. The van der Waals surface area contributed by atoms with Gasteiger partial charge in [-0.05, 0) is 31.9 Å². The number of hydrogen-bond acceptors (Lipinski definition) is 1. The van der Waals surface area contributed by atoms with Gasteiger partial charge >= 0.3 is 6.18 Å². The van der Waals surface area contributed by atoms with E-state index in [0.717, 1.165) is 21.4 Å². The van der Waals surface area contributed by atoms with E-state index in [1.807, 2.05) is 19.1 Å². The van der Waals surface area contributed by atoms with Gasteiger partial charge in [-0.3, -0.25) is 0 Å². The van der Waals surface area contributed by atoms with Crippen molar-refractivity contribution >= 4 is 23.2 Å². The molecular formula is C14H13Cl2F3N2. The Morgan fingerprint density at radius 1 is 1.14 bits per heavy atom. The monoisotopic (exact) mass is 336 g/mol. The van der Waals surface area contributed by atoms with Crippen LogP contribution in [0.25, 0.3) is 5.69 Å². The number of halogens is 5. The lowest BCUT2D eigenvalue weighted by atomic mass is 10.1. The Labute approximate surface area is 130 Å². The van der Waals surface area contributed by atoms with Crippen molar-refractivity contribution in [3.8, 4) is 5.69 Å². The number of alkyl halides is 4. The Morgan fingerprint density at radius 2 is 1.67 bits per heavy atom. The van der Waals surface area contributed by atoms with E-state index in [4.69, 9.17) is 23.2 Å². The summed E-state index contributed by atoms with van der Waals surface area (Å²) < 4.78 is 40.2. The molecule has 0 N–H and O–H groups in total. The zero-order chi connectivity index (χ0) is 15.9. The van der Waals surface area contributed by atoms with E-state index in [0.29, 0.717) is 5.69 Å². The normalized spacial score (nSPS) is 12.0. The van der Waals surface area contributed by atoms with Crippen LogP contribution in [0.2, 0.25) is 5.15 Å². The highest BCUT2D eigenvalue weighted by molar-refractivity contribution is 6.31. The minimum atomic E-state index is -4.59. The van der Waals surface area contributed by atoms with Crippen LogP contribution in [0.5, 0.6) is 0 Å². The molecule has 114 valence electrons. The highest BCUT2D eigenvalue weighted by Crippen LogP contribution is 2.37. The van der Waals surface area contributed by atoms with Crippen LogP contribution in [0.15, 0.2) is 12.1 Å². The molecule has 0 saturated heterocycles. The largest absolute Gasteiger partial charge is 0.435 e. The Balaban J connectivity index is 2.75. The summed E-state index contributed by atoms with van der Waals surface area (Å²) in [5.74, 6) is -0.350. The van der Waals surface area contributed by atoms with Crippen LogP contribution in [0.1, 0.15) is 27.9 Å². The molecule has 2 nitrogen and oxygen atoms in total. The van der Waals surface area contributed by atoms with Crippen molar-refractivity contribution in [2.24, 2.45) is 0 Å². The van der Waals surface area contributed by atoms with Crippen molar-refractivity contribution in [2.45, 2.75) is 32.8 Å². The van der Waals surface area contributed by atoms with Gasteiger partial charge in [0.15, 0.2) is 5.69 Å². The van der Waals surface area contributed by atoms with Crippen LogP contribution < -0.4 is 0 Å². The van der Waals surface area contributed by atoms with Gasteiger partial charge in [0, 0.05) is 5.56 Å². The molecule has 0 aliphatic rings. The maximum atomic E-state index is 13.0. The summed E-state index contributed by atoms with van der Waals surface area (Å²) in [6.45, 7) is 5.53. The molecule has 1 heterocycles. The number of benzene rings is 1. The second kappa shape index (κ2) is 5.54. The first-order valence-electron chi connectivity index (χ1n) is 6.15. The zero-order valence-corrected chi connectivity index (χ0v) is 13.2. The molecule has 0 aliphatic heterocycles. The Bertz CT molecular complexity index is 667. The molecule has 0 aliphatic carbocycles. The maximum Gasteiger partial charge on any atom is 0.435 e. The Morgan fingerprint density at radius 3 is 2.05 bits per heavy atom. The molecule has 0 bridgehead atoms. The molecule has 2 rings (SSSR count). The molecule has 1 aromatic heterocycles. The lowest BCUT2D eigenvalue weighted by Crippen LogP contribution is -2.10. The molecule has 0 fully saturated rings. The molecule has 7 heteroatoms. The second-order valence-electron chi connectivity index (χ2n) is 4.91. The van der Waals surface area contributed by atoms with E-state index in [-0.39, 0.29) is 16.6 Å². The van der Waals surface area contributed by atoms with Gasteiger partial charge in [-0.2, -0.15) is 18.3 Å². The minimum Gasteiger partial charge on any atom is -0.221 e. The molecular weight excluding hydrogens is 324 g/mol. The Kier molecular flexibility index (Phi) is 4.26. The van der Waals surface area contributed by atoms with Crippen molar-refractivity contribution in [1.29, 1.82) is 0 Å². The molecule has 0 radical (unpaired) electrons. The molecule has 0 amide bonds. The van der Waals surface area contributed by atoms with Crippen molar-refractivity contribution in [2.75, 3.05) is 0 Å². The average molecular weight is 337 g/mol. The predicted octanol–water partition coefficient (Wildman–Crippen LogP) is 5.21. The van der Waals surface area contributed by atoms with Gasteiger partial charge in [0.25, 0.3) is 0 Å². The van der Waals surface area contributed by atoms with Crippen molar-refractivity contribution in [3.63, 3.8) is 0 Å². The number of rotatable bonds is 2. The summed E-state index contributed by atoms with van der Waals surface area (Å²) in [7, 11) is 0. The third-order valence-electron chi connectivity index (χ3n) is 3.17. The highest BCUT2D eigenvalue weighted by atomic mass is 35.5. The summed E-state index contributed by atoms with van der Waals surface area (Å²) in [5, 5.41) is 3.54. The van der Waals surface area contributed by atoms with Crippen molar-refractivity contribution < 1.29 is 13.2 Å². The van der Waals surface area contributed by atoms with Gasteiger partial charge in [-0.1, -0.05) is 29.3 Å². The SMILES string of the molecule is Cc1cc(C)c(-n2nc(C(F)(F)F)c(CCl)c2Cl)c(C)c1. The van der Waals surface area contributed by atoms with Crippen LogP contribution in [-0.2, 0) is 12.1 Å². The van der Waals surface area contributed by atoms with Gasteiger partial charge in [0.1, 0.15) is 5.15 Å². The van der Waals surface area contributed by atoms with Crippen LogP contribution in [0, 0.1) is 20.8 Å². The van der Waals surface area contributed by atoms with Crippen LogP contribution in [0.3, 0.4) is 0 Å². The summed E-state index contributed by atoms with van der Waals surface area (Å²) >= 11 is 11.7. The summed E-state index contributed by atoms with van der Waals surface area (Å²) in [5.41, 5.74) is 1.92. The fourth-order valence-corrected chi connectivity index (χ4v) is 3.03. The lowest BCUT2D eigenvalue weighted by Gasteiger charge is -2.12. The van der Waals surface area contributed by atoms with E-state index >= 15 is 0 Å². The third kappa shape index (κ3) is 2.90. The zero-order valence-electron chi connectivity index (χ0n) is 11.6. The summed E-state index contributed by atoms with van der Waals surface area (Å²) in [6.07, 6.45) is -4.59. The first kappa shape index (κ1) is 16.2. The molecule has 0 spiro atoms. The van der Waals surface area contributed by atoms with Gasteiger partial charge in [-0.15, -0.1) is 11.6 Å². The fraction of sp³-hybridized carbons (Fsp3) is 0.357. The number of aromatic nitrogens is 2. The topological polar surface area (TPSA) is 17.8 Å². The lowest BCUT2D eigenvalue weighted by molar-refractivity contribution is -0.141. The summed E-state index contributed by atoms with van der Waals surface area (Å²) in [4.78, 5) is 0. The van der Waals surface area contributed by atoms with E-state index in [9.17, 15) is 13.2 Å². The summed E-state index contributed by atoms with van der Waals surface area (Å²) in [6, 6.07) is 3.74. The molecule has 0 unspecified atom stereocenters. The smallest absolute Gasteiger partial charge is 0.221 e. The van der Waals surface area contributed by atoms with E-state index < -0.39 is 11.9 Å².